The number of aryl methyl sites for hydroxylation is 1. The summed E-state index contributed by atoms with van der Waals surface area (Å²) >= 11 is 0. The van der Waals surface area contributed by atoms with E-state index in [1.807, 2.05) is 17.7 Å². The summed E-state index contributed by atoms with van der Waals surface area (Å²) in [6.07, 6.45) is 3.53. The molecule has 0 atom stereocenters. The average molecular weight is 734 g/mol. The highest BCUT2D eigenvalue weighted by Crippen LogP contribution is 2.29. The minimum Gasteiger partial charge on any atom is -0.493 e. The van der Waals surface area contributed by atoms with E-state index in [1.165, 1.54) is 25.2 Å². The summed E-state index contributed by atoms with van der Waals surface area (Å²) in [5.74, 6) is -0.0272. The highest BCUT2D eigenvalue weighted by molar-refractivity contribution is 6.07. The predicted molar refractivity (Wildman–Crippen MR) is 202 cm³/mol. The number of amidine groups is 1. The number of carbonyl (C=O) groups is 4. The minimum atomic E-state index is -0.685. The number of nitrogens with zero attached hydrogens (tertiary/aromatic N) is 4. The van der Waals surface area contributed by atoms with Gasteiger partial charge in [0, 0.05) is 42.7 Å². The number of alkyl carbamates (subject to hydrolysis) is 1. The van der Waals surface area contributed by atoms with Crippen molar-refractivity contribution in [1.82, 2.24) is 19.9 Å². The summed E-state index contributed by atoms with van der Waals surface area (Å²) in [7, 11) is 4.60. The maximum Gasteiger partial charge on any atom is 0.412 e. The van der Waals surface area contributed by atoms with Crippen molar-refractivity contribution >= 4 is 58.4 Å². The molecule has 2 heterocycles. The number of benzene rings is 3. The number of carbonyl (C=O) groups excluding carboxylic acids is 4. The van der Waals surface area contributed by atoms with Crippen molar-refractivity contribution in [2.24, 2.45) is 7.05 Å². The highest BCUT2D eigenvalue weighted by atomic mass is 16.6. The van der Waals surface area contributed by atoms with Crippen molar-refractivity contribution in [1.29, 1.82) is 5.41 Å². The first kappa shape index (κ1) is 38.2. The lowest BCUT2D eigenvalue weighted by Gasteiger charge is -2.21. The van der Waals surface area contributed by atoms with E-state index < -0.39 is 18.0 Å². The molecule has 3 N–H and O–H groups in total. The quantitative estimate of drug-likeness (QED) is 0.0431. The molecule has 0 radical (unpaired) electrons. The summed E-state index contributed by atoms with van der Waals surface area (Å²) < 4.78 is 22.3. The zero-order valence-corrected chi connectivity index (χ0v) is 30.1. The molecule has 3 aromatic carbocycles. The van der Waals surface area contributed by atoms with Crippen LogP contribution in [0.5, 0.6) is 11.5 Å². The molecular formula is C39H39N7O8. The first-order valence-electron chi connectivity index (χ1n) is 16.8. The second-order valence-electron chi connectivity index (χ2n) is 11.6. The third-order valence-electron chi connectivity index (χ3n) is 8.08. The van der Waals surface area contributed by atoms with Gasteiger partial charge in [-0.1, -0.05) is 12.1 Å². The van der Waals surface area contributed by atoms with Gasteiger partial charge in [0.15, 0.2) is 11.5 Å². The number of ether oxygens (including phenoxy) is 4. The second kappa shape index (κ2) is 17.9. The van der Waals surface area contributed by atoms with E-state index in [0.29, 0.717) is 40.4 Å². The Kier molecular flexibility index (Phi) is 12.7. The van der Waals surface area contributed by atoms with E-state index in [1.54, 1.807) is 92.0 Å². The van der Waals surface area contributed by atoms with E-state index in [4.69, 9.17) is 24.6 Å². The molecule has 15 heteroatoms. The zero-order valence-electron chi connectivity index (χ0n) is 30.1. The van der Waals surface area contributed by atoms with Crippen molar-refractivity contribution in [2.75, 3.05) is 37.6 Å². The van der Waals surface area contributed by atoms with Crippen molar-refractivity contribution in [3.05, 3.63) is 114 Å². The van der Waals surface area contributed by atoms with Crippen LogP contribution in [0.2, 0.25) is 0 Å². The SMILES string of the molecule is CCOC(=O)NC(=N)c1ccc(NCc2nc3cc(C(=O)N(CCC(=O)Oc4ccc(/C=C/C(=O)OC)cc4OC)c4ccccn4)ccc3n2C)cc1. The highest BCUT2D eigenvalue weighted by Gasteiger charge is 2.22. The summed E-state index contributed by atoms with van der Waals surface area (Å²) in [5, 5.41) is 13.8. The van der Waals surface area contributed by atoms with E-state index in [0.717, 1.165) is 11.2 Å². The Morgan fingerprint density at radius 1 is 0.944 bits per heavy atom. The van der Waals surface area contributed by atoms with Crippen LogP contribution in [-0.2, 0) is 32.7 Å². The number of aromatic nitrogens is 3. The van der Waals surface area contributed by atoms with Crippen LogP contribution in [0, 0.1) is 5.41 Å². The van der Waals surface area contributed by atoms with Crippen molar-refractivity contribution < 1.29 is 38.1 Å². The Morgan fingerprint density at radius 2 is 1.72 bits per heavy atom. The van der Waals surface area contributed by atoms with Gasteiger partial charge in [-0.15, -0.1) is 0 Å². The molecule has 0 aliphatic rings. The molecule has 0 aliphatic heterocycles. The topological polar surface area (TPSA) is 187 Å². The number of amides is 2. The van der Waals surface area contributed by atoms with Crippen LogP contribution in [0.4, 0.5) is 16.3 Å². The van der Waals surface area contributed by atoms with Crippen LogP contribution < -0.4 is 25.0 Å². The number of rotatable bonds is 14. The van der Waals surface area contributed by atoms with Gasteiger partial charge >= 0.3 is 18.0 Å². The number of hydrogen-bond donors (Lipinski definition) is 3. The molecule has 5 aromatic rings. The van der Waals surface area contributed by atoms with Gasteiger partial charge in [-0.3, -0.25) is 25.2 Å². The Balaban J connectivity index is 1.26. The number of imidazole rings is 1. The first-order chi connectivity index (χ1) is 26.1. The molecule has 0 spiro atoms. The van der Waals surface area contributed by atoms with Gasteiger partial charge in [0.2, 0.25) is 0 Å². The molecule has 15 nitrogen and oxygen atoms in total. The number of hydrogen-bond acceptors (Lipinski definition) is 12. The predicted octanol–water partition coefficient (Wildman–Crippen LogP) is 5.49. The average Bonchev–Trinajstić information content (AvgIpc) is 3.50. The standard InChI is InChI=1S/C39H39N7O8/c1-5-53-39(50)44-37(40)26-11-14-28(15-12-26)42-24-34-43-29-23-27(13-16-30(29)45(34)2)38(49)46(33-8-6-7-20-41-33)21-19-36(48)54-31-17-9-25(22-32(31)51-3)10-18-35(47)52-4/h6-18,20,22-23,42H,5,19,21,24H2,1-4H3,(H2,40,44,50)/b18-10+. The van der Waals surface area contributed by atoms with E-state index in [9.17, 15) is 19.2 Å². The second-order valence-corrected chi connectivity index (χ2v) is 11.6. The first-order valence-corrected chi connectivity index (χ1v) is 16.8. The van der Waals surface area contributed by atoms with Gasteiger partial charge in [-0.2, -0.15) is 0 Å². The van der Waals surface area contributed by atoms with Crippen LogP contribution in [-0.4, -0.2) is 71.7 Å². The van der Waals surface area contributed by atoms with Crippen molar-refractivity contribution in [3.8, 4) is 11.5 Å². The lowest BCUT2D eigenvalue weighted by molar-refractivity contribution is -0.135. The molecule has 2 amide bonds. The van der Waals surface area contributed by atoms with Gasteiger partial charge in [0.1, 0.15) is 17.5 Å². The van der Waals surface area contributed by atoms with E-state index in [2.05, 4.69) is 20.4 Å². The molecule has 5 rings (SSSR count). The largest absolute Gasteiger partial charge is 0.493 e. The fourth-order valence-corrected chi connectivity index (χ4v) is 5.29. The molecule has 0 bridgehead atoms. The summed E-state index contributed by atoms with van der Waals surface area (Å²) in [6, 6.07) is 22.2. The van der Waals surface area contributed by atoms with Gasteiger partial charge in [-0.05, 0) is 85.3 Å². The number of nitrogens with one attached hydrogen (secondary N) is 3. The monoisotopic (exact) mass is 733 g/mol. The molecule has 2 aromatic heterocycles. The van der Waals surface area contributed by atoms with Gasteiger partial charge in [-0.25, -0.2) is 19.6 Å². The summed E-state index contributed by atoms with van der Waals surface area (Å²) in [5.41, 5.74) is 3.69. The van der Waals surface area contributed by atoms with Crippen molar-refractivity contribution in [2.45, 2.75) is 19.9 Å². The van der Waals surface area contributed by atoms with Crippen LogP contribution in [0.25, 0.3) is 17.1 Å². The number of methoxy groups -OCH3 is 2. The fraction of sp³-hybridized carbons (Fsp3) is 0.205. The zero-order chi connectivity index (χ0) is 38.6. The third-order valence-corrected chi connectivity index (χ3v) is 8.08. The number of fused-ring (bicyclic) bond motifs is 1. The Hall–Kier alpha value is -7.03. The van der Waals surface area contributed by atoms with E-state index in [-0.39, 0.29) is 42.8 Å². The third kappa shape index (κ3) is 9.64. The molecule has 54 heavy (non-hydrogen) atoms. The minimum absolute atomic E-state index is 0.0243. The van der Waals surface area contributed by atoms with Gasteiger partial charge in [0.05, 0.1) is 44.8 Å². The summed E-state index contributed by atoms with van der Waals surface area (Å²) in [6.45, 7) is 2.24. The van der Waals surface area contributed by atoms with Gasteiger partial charge < -0.3 is 28.8 Å². The van der Waals surface area contributed by atoms with Crippen molar-refractivity contribution in [3.63, 3.8) is 0 Å². The van der Waals surface area contributed by atoms with E-state index >= 15 is 0 Å². The number of esters is 2. The maximum absolute atomic E-state index is 14.0. The lowest BCUT2D eigenvalue weighted by Crippen LogP contribution is -2.34. The van der Waals surface area contributed by atoms with Crippen LogP contribution in [0.15, 0.2) is 91.1 Å². The smallest absolute Gasteiger partial charge is 0.412 e. The normalized spacial score (nSPS) is 10.8. The Morgan fingerprint density at radius 3 is 2.43 bits per heavy atom. The molecule has 0 saturated carbocycles. The number of anilines is 2. The van der Waals surface area contributed by atoms with Crippen LogP contribution >= 0.6 is 0 Å². The number of pyridine rings is 1. The Labute approximate surface area is 311 Å². The van der Waals surface area contributed by atoms with Gasteiger partial charge in [0.25, 0.3) is 5.91 Å². The fourth-order valence-electron chi connectivity index (χ4n) is 5.29. The maximum atomic E-state index is 14.0. The lowest BCUT2D eigenvalue weighted by atomic mass is 10.1. The molecule has 0 fully saturated rings. The van der Waals surface area contributed by atoms with Crippen LogP contribution in [0.3, 0.4) is 0 Å². The van der Waals surface area contributed by atoms with Crippen LogP contribution in [0.1, 0.15) is 40.7 Å². The Bertz CT molecular complexity index is 2180. The molecular weight excluding hydrogens is 694 g/mol. The molecule has 278 valence electrons. The molecule has 0 aliphatic carbocycles. The summed E-state index contributed by atoms with van der Waals surface area (Å²) in [4.78, 5) is 60.7. The molecule has 0 saturated heterocycles. The molecule has 0 unspecified atom stereocenters.